The number of carbonyl (C=O) groups is 1. The summed E-state index contributed by atoms with van der Waals surface area (Å²) in [6.45, 7) is 0.159. The van der Waals surface area contributed by atoms with E-state index in [1.165, 1.54) is 12.1 Å². The van der Waals surface area contributed by atoms with Crippen molar-refractivity contribution in [2.24, 2.45) is 5.92 Å². The number of amides is 1. The van der Waals surface area contributed by atoms with Crippen molar-refractivity contribution in [1.82, 2.24) is 9.88 Å². The summed E-state index contributed by atoms with van der Waals surface area (Å²) in [5, 5.41) is 9.09. The highest BCUT2D eigenvalue weighted by Crippen LogP contribution is 2.40. The quantitative estimate of drug-likeness (QED) is 0.915. The van der Waals surface area contributed by atoms with Gasteiger partial charge in [-0.3, -0.25) is 4.79 Å². The third-order valence-corrected chi connectivity index (χ3v) is 5.09. The molecule has 2 bridgehead atoms. The van der Waals surface area contributed by atoms with Gasteiger partial charge in [0.25, 0.3) is 0 Å². The fourth-order valence-corrected chi connectivity index (χ4v) is 4.10. The number of aliphatic hydroxyl groups excluding tert-OH is 1. The van der Waals surface area contributed by atoms with Crippen molar-refractivity contribution in [2.75, 3.05) is 6.61 Å². The Labute approximate surface area is 138 Å². The van der Waals surface area contributed by atoms with Crippen molar-refractivity contribution < 1.29 is 23.1 Å². The minimum absolute atomic E-state index is 0.0956. The first-order chi connectivity index (χ1) is 11.4. The second-order valence-electron chi connectivity index (χ2n) is 6.72. The van der Waals surface area contributed by atoms with Gasteiger partial charge in [0, 0.05) is 18.7 Å². The monoisotopic (exact) mass is 342 g/mol. The Morgan fingerprint density at radius 3 is 2.50 bits per heavy atom. The molecule has 132 valence electrons. The van der Waals surface area contributed by atoms with Gasteiger partial charge in [0.05, 0.1) is 12.1 Å². The van der Waals surface area contributed by atoms with Crippen molar-refractivity contribution in [2.45, 2.75) is 56.8 Å². The summed E-state index contributed by atoms with van der Waals surface area (Å²) in [6, 6.07) is 3.98. The molecule has 2 fully saturated rings. The molecule has 2 aliphatic heterocycles. The van der Waals surface area contributed by atoms with Gasteiger partial charge in [-0.25, -0.2) is 4.98 Å². The Hall–Kier alpha value is -1.63. The topological polar surface area (TPSA) is 53.4 Å². The SMILES string of the molecule is O=C(Cc1cccc(C(F)(F)F)n1)N1C2CCC1CC(CCO)C2. The summed E-state index contributed by atoms with van der Waals surface area (Å²) < 4.78 is 38.2. The van der Waals surface area contributed by atoms with Crippen LogP contribution in [0.5, 0.6) is 0 Å². The Balaban J connectivity index is 1.68. The molecule has 0 aliphatic carbocycles. The second-order valence-corrected chi connectivity index (χ2v) is 6.72. The minimum atomic E-state index is -4.50. The van der Waals surface area contributed by atoms with E-state index in [0.29, 0.717) is 5.92 Å². The minimum Gasteiger partial charge on any atom is -0.396 e. The first kappa shape index (κ1) is 17.2. The van der Waals surface area contributed by atoms with Crippen LogP contribution in [0.2, 0.25) is 0 Å². The number of rotatable bonds is 4. The molecule has 1 amide bonds. The zero-order valence-corrected chi connectivity index (χ0v) is 13.3. The molecule has 2 atom stereocenters. The summed E-state index contributed by atoms with van der Waals surface area (Å²) in [5.74, 6) is 0.292. The van der Waals surface area contributed by atoms with Gasteiger partial charge in [0.1, 0.15) is 5.69 Å². The molecule has 1 aromatic rings. The van der Waals surface area contributed by atoms with Crippen molar-refractivity contribution in [1.29, 1.82) is 0 Å². The average Bonchev–Trinajstić information content (AvgIpc) is 2.78. The van der Waals surface area contributed by atoms with Gasteiger partial charge in [0.2, 0.25) is 5.91 Å². The van der Waals surface area contributed by atoms with E-state index in [2.05, 4.69) is 4.98 Å². The highest BCUT2D eigenvalue weighted by Gasteiger charge is 2.42. The second kappa shape index (κ2) is 6.70. The predicted molar refractivity (Wildman–Crippen MR) is 81.0 cm³/mol. The number of pyridine rings is 1. The molecule has 0 saturated carbocycles. The van der Waals surface area contributed by atoms with Crippen LogP contribution in [0.1, 0.15) is 43.5 Å². The van der Waals surface area contributed by atoms with E-state index in [-0.39, 0.29) is 36.7 Å². The van der Waals surface area contributed by atoms with Crippen LogP contribution in [0.15, 0.2) is 18.2 Å². The number of carbonyl (C=O) groups excluding carboxylic acids is 1. The summed E-state index contributed by atoms with van der Waals surface area (Å²) in [4.78, 5) is 18.1. The van der Waals surface area contributed by atoms with Gasteiger partial charge >= 0.3 is 6.18 Å². The molecule has 3 heterocycles. The number of nitrogens with zero attached hydrogens (tertiary/aromatic N) is 2. The summed E-state index contributed by atoms with van der Waals surface area (Å²) in [5.41, 5.74) is -0.802. The molecule has 3 rings (SSSR count). The van der Waals surface area contributed by atoms with Crippen molar-refractivity contribution >= 4 is 5.91 Å². The maximum absolute atomic E-state index is 12.7. The fourth-order valence-electron chi connectivity index (χ4n) is 4.10. The zero-order valence-electron chi connectivity index (χ0n) is 13.3. The molecule has 1 N–H and O–H groups in total. The average molecular weight is 342 g/mol. The maximum atomic E-state index is 12.7. The Morgan fingerprint density at radius 2 is 1.92 bits per heavy atom. The maximum Gasteiger partial charge on any atom is 0.433 e. The third kappa shape index (κ3) is 3.55. The Morgan fingerprint density at radius 1 is 1.25 bits per heavy atom. The van der Waals surface area contributed by atoms with Crippen LogP contribution in [0.4, 0.5) is 13.2 Å². The van der Waals surface area contributed by atoms with E-state index in [9.17, 15) is 18.0 Å². The smallest absolute Gasteiger partial charge is 0.396 e. The molecule has 7 heteroatoms. The molecule has 0 radical (unpaired) electrons. The third-order valence-electron chi connectivity index (χ3n) is 5.09. The predicted octanol–water partition coefficient (Wildman–Crippen LogP) is 2.79. The van der Waals surface area contributed by atoms with Crippen molar-refractivity contribution in [3.63, 3.8) is 0 Å². The number of hydrogen-bond donors (Lipinski definition) is 1. The van der Waals surface area contributed by atoms with Gasteiger partial charge < -0.3 is 10.0 Å². The van der Waals surface area contributed by atoms with E-state index >= 15 is 0 Å². The summed E-state index contributed by atoms with van der Waals surface area (Å²) in [6.07, 6.45) is -0.215. The lowest BCUT2D eigenvalue weighted by molar-refractivity contribution is -0.142. The van der Waals surface area contributed by atoms with E-state index < -0.39 is 11.9 Å². The molecule has 24 heavy (non-hydrogen) atoms. The lowest BCUT2D eigenvalue weighted by Gasteiger charge is -2.39. The fraction of sp³-hybridized carbons (Fsp3) is 0.647. The molecule has 2 saturated heterocycles. The number of alkyl halides is 3. The number of piperidine rings is 1. The highest BCUT2D eigenvalue weighted by molar-refractivity contribution is 5.79. The van der Waals surface area contributed by atoms with Crippen molar-refractivity contribution in [3.05, 3.63) is 29.6 Å². The zero-order chi connectivity index (χ0) is 17.3. The number of aromatic nitrogens is 1. The van der Waals surface area contributed by atoms with Crippen LogP contribution in [-0.2, 0) is 17.4 Å². The van der Waals surface area contributed by atoms with Crippen LogP contribution < -0.4 is 0 Å². The van der Waals surface area contributed by atoms with E-state index in [4.69, 9.17) is 5.11 Å². The number of fused-ring (bicyclic) bond motifs is 2. The molecule has 1 aromatic heterocycles. The molecule has 0 spiro atoms. The standard InChI is InChI=1S/C17H21F3N2O2/c18-17(19,20)15-3-1-2-12(21-15)10-16(24)22-13-4-5-14(22)9-11(8-13)6-7-23/h1-3,11,13-14,23H,4-10H2. The van der Waals surface area contributed by atoms with Gasteiger partial charge in [-0.1, -0.05) is 6.07 Å². The van der Waals surface area contributed by atoms with Crippen LogP contribution in [0.3, 0.4) is 0 Å². The normalized spacial score (nSPS) is 26.7. The molecule has 0 aromatic carbocycles. The summed E-state index contributed by atoms with van der Waals surface area (Å²) >= 11 is 0. The lowest BCUT2D eigenvalue weighted by Crippen LogP contribution is -2.47. The van der Waals surface area contributed by atoms with Crippen molar-refractivity contribution in [3.8, 4) is 0 Å². The molecular formula is C17H21F3N2O2. The largest absolute Gasteiger partial charge is 0.433 e. The van der Waals surface area contributed by atoms with E-state index in [1.54, 1.807) is 0 Å². The number of hydrogen-bond acceptors (Lipinski definition) is 3. The van der Waals surface area contributed by atoms with Gasteiger partial charge in [-0.05, 0) is 50.2 Å². The first-order valence-electron chi connectivity index (χ1n) is 8.33. The Bertz CT molecular complexity index is 592. The van der Waals surface area contributed by atoms with Gasteiger partial charge in [-0.2, -0.15) is 13.2 Å². The van der Waals surface area contributed by atoms with Crippen LogP contribution in [-0.4, -0.2) is 39.6 Å². The van der Waals surface area contributed by atoms with Gasteiger partial charge in [-0.15, -0.1) is 0 Å². The summed E-state index contributed by atoms with van der Waals surface area (Å²) in [7, 11) is 0. The van der Waals surface area contributed by atoms with Crippen LogP contribution in [0.25, 0.3) is 0 Å². The molecule has 2 unspecified atom stereocenters. The van der Waals surface area contributed by atoms with Crippen LogP contribution >= 0.6 is 0 Å². The first-order valence-corrected chi connectivity index (χ1v) is 8.33. The van der Waals surface area contributed by atoms with Crippen LogP contribution in [0, 0.1) is 5.92 Å². The highest BCUT2D eigenvalue weighted by atomic mass is 19.4. The van der Waals surface area contributed by atoms with Gasteiger partial charge in [0.15, 0.2) is 0 Å². The number of aliphatic hydroxyl groups is 1. The molecular weight excluding hydrogens is 321 g/mol. The Kier molecular flexibility index (Phi) is 4.80. The lowest BCUT2D eigenvalue weighted by atomic mass is 9.88. The van der Waals surface area contributed by atoms with E-state index in [0.717, 1.165) is 38.2 Å². The molecule has 4 nitrogen and oxygen atoms in total. The number of halogens is 3. The van der Waals surface area contributed by atoms with E-state index in [1.807, 2.05) is 4.90 Å². The molecule has 2 aliphatic rings.